The fourth-order valence-electron chi connectivity index (χ4n) is 3.34. The lowest BCUT2D eigenvalue weighted by atomic mass is 9.93. The predicted octanol–water partition coefficient (Wildman–Crippen LogP) is 5.07. The van der Waals surface area contributed by atoms with Crippen LogP contribution in [0.4, 0.5) is 17.5 Å². The van der Waals surface area contributed by atoms with Crippen molar-refractivity contribution in [1.82, 2.24) is 9.97 Å². The molecule has 24 heavy (non-hydrogen) atoms. The van der Waals surface area contributed by atoms with Gasteiger partial charge in [-0.25, -0.2) is 4.98 Å². The Morgan fingerprint density at radius 3 is 2.17 bits per heavy atom. The van der Waals surface area contributed by atoms with E-state index in [2.05, 4.69) is 61.1 Å². The highest BCUT2D eigenvalue weighted by Gasteiger charge is 2.17. The van der Waals surface area contributed by atoms with E-state index in [0.717, 1.165) is 18.9 Å². The fraction of sp³-hybridized carbons (Fsp3) is 0.500. The zero-order chi connectivity index (χ0) is 17.1. The molecular formula is C20H28N4. The molecule has 0 spiro atoms. The summed E-state index contributed by atoms with van der Waals surface area (Å²) in [4.78, 5) is 11.6. The van der Waals surface area contributed by atoms with Crippen molar-refractivity contribution < 1.29 is 0 Å². The van der Waals surface area contributed by atoms with Crippen LogP contribution in [0.1, 0.15) is 63.5 Å². The molecule has 0 unspecified atom stereocenters. The smallest absolute Gasteiger partial charge is 0.229 e. The minimum Gasteiger partial charge on any atom is -0.356 e. The molecule has 4 nitrogen and oxygen atoms in total. The number of hydrogen-bond donors (Lipinski definition) is 1. The molecular weight excluding hydrogens is 296 g/mol. The lowest BCUT2D eigenvalue weighted by Gasteiger charge is -2.21. The molecule has 1 aromatic carbocycles. The average molecular weight is 324 g/mol. The van der Waals surface area contributed by atoms with Crippen LogP contribution < -0.4 is 10.2 Å². The van der Waals surface area contributed by atoms with Crippen molar-refractivity contribution in [3.63, 3.8) is 0 Å². The molecule has 1 saturated heterocycles. The second-order valence-corrected chi connectivity index (χ2v) is 7.18. The summed E-state index contributed by atoms with van der Waals surface area (Å²) in [6.45, 7) is 11.1. The van der Waals surface area contributed by atoms with Crippen LogP contribution >= 0.6 is 0 Å². The maximum atomic E-state index is 4.75. The van der Waals surface area contributed by atoms with Gasteiger partial charge in [-0.1, -0.05) is 45.9 Å². The largest absolute Gasteiger partial charge is 0.356 e. The normalized spacial score (nSPS) is 14.7. The first-order valence-electron chi connectivity index (χ1n) is 9.04. The van der Waals surface area contributed by atoms with Gasteiger partial charge in [-0.05, 0) is 41.9 Å². The number of nitrogens with zero attached hydrogens (tertiary/aromatic N) is 3. The Labute approximate surface area is 145 Å². The van der Waals surface area contributed by atoms with Crippen molar-refractivity contribution >= 4 is 17.5 Å². The van der Waals surface area contributed by atoms with Crippen molar-refractivity contribution in [2.45, 2.75) is 52.4 Å². The summed E-state index contributed by atoms with van der Waals surface area (Å²) >= 11 is 0. The van der Waals surface area contributed by atoms with Gasteiger partial charge in [-0.2, -0.15) is 4.98 Å². The van der Waals surface area contributed by atoms with E-state index >= 15 is 0 Å². The van der Waals surface area contributed by atoms with Gasteiger partial charge in [0.05, 0.1) is 0 Å². The number of rotatable bonds is 5. The molecule has 0 amide bonds. The summed E-state index contributed by atoms with van der Waals surface area (Å²) in [6.07, 6.45) is 4.36. The molecule has 1 aliphatic heterocycles. The predicted molar refractivity (Wildman–Crippen MR) is 101 cm³/mol. The van der Waals surface area contributed by atoms with Crippen molar-refractivity contribution in [2.75, 3.05) is 23.3 Å². The van der Waals surface area contributed by atoms with Crippen LogP contribution in [0, 0.1) is 0 Å². The summed E-state index contributed by atoms with van der Waals surface area (Å²) in [6, 6.07) is 8.55. The van der Waals surface area contributed by atoms with Gasteiger partial charge >= 0.3 is 0 Å². The second-order valence-electron chi connectivity index (χ2n) is 7.18. The Morgan fingerprint density at radius 2 is 1.58 bits per heavy atom. The van der Waals surface area contributed by atoms with Crippen LogP contribution in [0.25, 0.3) is 0 Å². The number of aromatic nitrogens is 2. The van der Waals surface area contributed by atoms with Gasteiger partial charge in [0.15, 0.2) is 0 Å². The first-order valence-corrected chi connectivity index (χ1v) is 9.04. The quantitative estimate of drug-likeness (QED) is 0.834. The lowest BCUT2D eigenvalue weighted by molar-refractivity contribution is 0.837. The monoisotopic (exact) mass is 324 g/mol. The van der Waals surface area contributed by atoms with E-state index in [1.54, 1.807) is 0 Å². The van der Waals surface area contributed by atoms with E-state index < -0.39 is 0 Å². The zero-order valence-corrected chi connectivity index (χ0v) is 15.2. The molecule has 0 radical (unpaired) electrons. The minimum absolute atomic E-state index is 0.452. The van der Waals surface area contributed by atoms with E-state index in [4.69, 9.17) is 4.98 Å². The van der Waals surface area contributed by atoms with Crippen LogP contribution in [0.15, 0.2) is 30.5 Å². The molecule has 2 heterocycles. The first kappa shape index (κ1) is 16.7. The lowest BCUT2D eigenvalue weighted by Crippen LogP contribution is -2.19. The summed E-state index contributed by atoms with van der Waals surface area (Å²) < 4.78 is 0. The highest BCUT2D eigenvalue weighted by molar-refractivity contribution is 5.66. The first-order chi connectivity index (χ1) is 11.6. The van der Waals surface area contributed by atoms with Gasteiger partial charge in [-0.3, -0.25) is 0 Å². The second kappa shape index (κ2) is 7.20. The van der Waals surface area contributed by atoms with Crippen molar-refractivity contribution in [2.24, 2.45) is 0 Å². The third kappa shape index (κ3) is 3.53. The molecule has 1 fully saturated rings. The Kier molecular flexibility index (Phi) is 5.03. The summed E-state index contributed by atoms with van der Waals surface area (Å²) in [7, 11) is 0. The van der Waals surface area contributed by atoms with Gasteiger partial charge in [0.25, 0.3) is 0 Å². The molecule has 1 aliphatic rings. The molecule has 1 aromatic heterocycles. The number of benzene rings is 1. The third-order valence-corrected chi connectivity index (χ3v) is 4.68. The van der Waals surface area contributed by atoms with Gasteiger partial charge < -0.3 is 10.2 Å². The molecule has 128 valence electrons. The molecule has 4 heteroatoms. The van der Waals surface area contributed by atoms with Crippen LogP contribution in [-0.4, -0.2) is 23.1 Å². The fourth-order valence-corrected chi connectivity index (χ4v) is 3.34. The van der Waals surface area contributed by atoms with E-state index in [1.807, 2.05) is 12.3 Å². The van der Waals surface area contributed by atoms with Gasteiger partial charge in [0.1, 0.15) is 5.82 Å². The maximum absolute atomic E-state index is 4.75. The number of hydrogen-bond acceptors (Lipinski definition) is 4. The summed E-state index contributed by atoms with van der Waals surface area (Å²) in [5.74, 6) is 2.62. The van der Waals surface area contributed by atoms with Crippen molar-refractivity contribution in [3.8, 4) is 0 Å². The van der Waals surface area contributed by atoms with Crippen LogP contribution in [-0.2, 0) is 0 Å². The zero-order valence-electron chi connectivity index (χ0n) is 15.2. The Morgan fingerprint density at radius 1 is 0.958 bits per heavy atom. The van der Waals surface area contributed by atoms with Crippen molar-refractivity contribution in [1.29, 1.82) is 0 Å². The van der Waals surface area contributed by atoms with E-state index in [0.29, 0.717) is 17.8 Å². The topological polar surface area (TPSA) is 41.1 Å². The molecule has 2 aromatic rings. The maximum Gasteiger partial charge on any atom is 0.229 e. The van der Waals surface area contributed by atoms with Gasteiger partial charge in [-0.15, -0.1) is 0 Å². The van der Waals surface area contributed by atoms with Crippen LogP contribution in [0.3, 0.4) is 0 Å². The summed E-state index contributed by atoms with van der Waals surface area (Å²) in [5, 5.41) is 3.52. The van der Waals surface area contributed by atoms with E-state index in [9.17, 15) is 0 Å². The molecule has 1 N–H and O–H groups in total. The highest BCUT2D eigenvalue weighted by atomic mass is 15.2. The average Bonchev–Trinajstić information content (AvgIpc) is 3.09. The minimum atomic E-state index is 0.452. The Hall–Kier alpha value is -2.10. The number of nitrogens with one attached hydrogen (secondary N) is 1. The summed E-state index contributed by atoms with van der Waals surface area (Å²) in [5.41, 5.74) is 3.80. The van der Waals surface area contributed by atoms with E-state index in [1.165, 1.54) is 29.7 Å². The van der Waals surface area contributed by atoms with Gasteiger partial charge in [0.2, 0.25) is 5.95 Å². The molecule has 0 saturated carbocycles. The van der Waals surface area contributed by atoms with Crippen LogP contribution in [0.2, 0.25) is 0 Å². The van der Waals surface area contributed by atoms with Crippen molar-refractivity contribution in [3.05, 3.63) is 41.6 Å². The molecule has 0 atom stereocenters. The number of anilines is 3. The third-order valence-electron chi connectivity index (χ3n) is 4.68. The highest BCUT2D eigenvalue weighted by Crippen LogP contribution is 2.34. The Balaban J connectivity index is 1.94. The van der Waals surface area contributed by atoms with Crippen LogP contribution in [0.5, 0.6) is 0 Å². The Bertz CT molecular complexity index is 662. The molecule has 0 aliphatic carbocycles. The van der Waals surface area contributed by atoms with E-state index in [-0.39, 0.29) is 0 Å². The SMILES string of the molecule is CC(C)c1cccc(C(C)C)c1Nc1nccc(N2CCCC2)n1. The standard InChI is InChI=1S/C20H28N4/c1-14(2)16-8-7-9-17(15(3)4)19(16)23-20-21-11-10-18(22-20)24-12-5-6-13-24/h7-11,14-15H,5-6,12-13H2,1-4H3,(H,21,22,23). The molecule has 0 bridgehead atoms. The van der Waals surface area contributed by atoms with Gasteiger partial charge in [0, 0.05) is 25.0 Å². The number of para-hydroxylation sites is 1. The molecule has 3 rings (SSSR count).